The molecule has 1 unspecified atom stereocenters. The van der Waals surface area contributed by atoms with Gasteiger partial charge in [-0.15, -0.1) is 0 Å². The number of nitrogens with one attached hydrogen (secondary N) is 1. The number of alkyl halides is 6. The Morgan fingerprint density at radius 3 is 2.46 bits per heavy atom. The third-order valence-corrected chi connectivity index (χ3v) is 6.43. The highest BCUT2D eigenvalue weighted by Crippen LogP contribution is 2.42. The van der Waals surface area contributed by atoms with Gasteiger partial charge in [0.05, 0.1) is 42.7 Å². The number of hydrogen-bond acceptors (Lipinski definition) is 5. The van der Waals surface area contributed by atoms with Crippen LogP contribution in [0.4, 0.5) is 31.1 Å². The summed E-state index contributed by atoms with van der Waals surface area (Å²) in [5.74, 6) is 0. The number of halogens is 6. The summed E-state index contributed by atoms with van der Waals surface area (Å²) in [4.78, 5) is 17.8. The van der Waals surface area contributed by atoms with Crippen molar-refractivity contribution in [1.82, 2.24) is 24.8 Å². The highest BCUT2D eigenvalue weighted by Gasteiger charge is 2.58. The third-order valence-electron chi connectivity index (χ3n) is 6.43. The number of urea groups is 1. The van der Waals surface area contributed by atoms with E-state index >= 15 is 0 Å². The minimum atomic E-state index is -4.66. The molecule has 0 bridgehead atoms. The van der Waals surface area contributed by atoms with E-state index in [1.807, 2.05) is 5.32 Å². The van der Waals surface area contributed by atoms with Gasteiger partial charge in [0.15, 0.2) is 11.2 Å². The number of hydrogen-bond donors (Lipinski definition) is 2. The van der Waals surface area contributed by atoms with Gasteiger partial charge in [0.25, 0.3) is 0 Å². The summed E-state index contributed by atoms with van der Waals surface area (Å²) in [6.45, 7) is 2.38. The van der Waals surface area contributed by atoms with E-state index in [9.17, 15) is 31.1 Å². The largest absolute Gasteiger partial charge is 0.413 e. The van der Waals surface area contributed by atoms with Crippen LogP contribution in [0.2, 0.25) is 0 Å². The Bertz CT molecular complexity index is 1070. The van der Waals surface area contributed by atoms with Crippen molar-refractivity contribution in [2.24, 2.45) is 11.1 Å². The normalized spacial score (nSPS) is 21.5. The molecule has 196 valence electrons. The smallest absolute Gasteiger partial charge is 0.382 e. The Morgan fingerprint density at radius 2 is 1.91 bits per heavy atom. The standard InChI is InChI=1S/C21H28F6N6O2/c1-18(2,20(22,23)24)6-5-13(28)14-9-33-16(30-14)7-12(8-29-33)15(10-35-4)32-11-19(3,21(25,26)27)31-17(32)34/h7-9,13,15H,5-6,10-11,28H2,1-4H3,(H,31,34)/t13-,15+,19?/m0/s1. The highest BCUT2D eigenvalue weighted by molar-refractivity contribution is 5.78. The van der Waals surface area contributed by atoms with Crippen molar-refractivity contribution < 1.29 is 35.9 Å². The van der Waals surface area contributed by atoms with Crippen LogP contribution < -0.4 is 11.1 Å². The van der Waals surface area contributed by atoms with Crippen LogP contribution >= 0.6 is 0 Å². The van der Waals surface area contributed by atoms with Crippen LogP contribution in [-0.4, -0.2) is 63.7 Å². The van der Waals surface area contributed by atoms with Gasteiger partial charge in [-0.1, -0.05) is 13.8 Å². The van der Waals surface area contributed by atoms with Gasteiger partial charge in [-0.25, -0.2) is 14.3 Å². The summed E-state index contributed by atoms with van der Waals surface area (Å²) < 4.78 is 86.3. The maximum atomic E-state index is 13.5. The Balaban J connectivity index is 1.84. The molecule has 0 aliphatic carbocycles. The van der Waals surface area contributed by atoms with Crippen LogP contribution in [0.5, 0.6) is 0 Å². The van der Waals surface area contributed by atoms with Gasteiger partial charge in [-0.2, -0.15) is 31.4 Å². The number of rotatable bonds is 8. The molecule has 1 fully saturated rings. The first-order valence-electron chi connectivity index (χ1n) is 10.8. The molecule has 0 spiro atoms. The van der Waals surface area contributed by atoms with E-state index in [-0.39, 0.29) is 25.1 Å². The number of ether oxygens (including phenoxy) is 1. The molecule has 1 aliphatic heterocycles. The maximum Gasteiger partial charge on any atom is 0.413 e. The van der Waals surface area contributed by atoms with Crippen LogP contribution in [0.15, 0.2) is 18.5 Å². The lowest BCUT2D eigenvalue weighted by Gasteiger charge is -2.29. The molecule has 35 heavy (non-hydrogen) atoms. The van der Waals surface area contributed by atoms with Crippen molar-refractivity contribution in [3.63, 3.8) is 0 Å². The van der Waals surface area contributed by atoms with E-state index in [0.717, 1.165) is 25.7 Å². The molecule has 8 nitrogen and oxygen atoms in total. The Kier molecular flexibility index (Phi) is 7.03. The third kappa shape index (κ3) is 5.32. The fourth-order valence-corrected chi connectivity index (χ4v) is 3.77. The van der Waals surface area contributed by atoms with Gasteiger partial charge in [-0.05, 0) is 25.8 Å². The zero-order chi connectivity index (χ0) is 26.4. The minimum Gasteiger partial charge on any atom is -0.382 e. The van der Waals surface area contributed by atoms with Crippen LogP contribution in [-0.2, 0) is 4.74 Å². The lowest BCUT2D eigenvalue weighted by molar-refractivity contribution is -0.214. The van der Waals surface area contributed by atoms with E-state index in [2.05, 4.69) is 10.1 Å². The molecule has 1 aliphatic rings. The number of carbonyl (C=O) groups is 1. The molecule has 0 saturated carbocycles. The van der Waals surface area contributed by atoms with Crippen LogP contribution in [0.3, 0.4) is 0 Å². The second-order valence-electron chi connectivity index (χ2n) is 9.64. The number of nitrogens with zero attached hydrogens (tertiary/aromatic N) is 4. The summed E-state index contributed by atoms with van der Waals surface area (Å²) >= 11 is 0. The molecule has 0 radical (unpaired) electrons. The zero-order valence-corrected chi connectivity index (χ0v) is 19.7. The summed E-state index contributed by atoms with van der Waals surface area (Å²) in [5.41, 5.74) is 2.72. The van der Waals surface area contributed by atoms with Gasteiger partial charge in [0.1, 0.15) is 0 Å². The predicted molar refractivity (Wildman–Crippen MR) is 113 cm³/mol. The number of carbonyl (C=O) groups excluding carboxylic acids is 1. The van der Waals surface area contributed by atoms with Gasteiger partial charge < -0.3 is 20.7 Å². The van der Waals surface area contributed by atoms with Crippen LogP contribution in [0, 0.1) is 5.41 Å². The Morgan fingerprint density at radius 1 is 1.26 bits per heavy atom. The zero-order valence-electron chi connectivity index (χ0n) is 19.7. The molecule has 2 amide bonds. The predicted octanol–water partition coefficient (Wildman–Crippen LogP) is 4.13. The van der Waals surface area contributed by atoms with Crippen molar-refractivity contribution in [3.8, 4) is 0 Å². The van der Waals surface area contributed by atoms with E-state index in [1.54, 1.807) is 0 Å². The summed E-state index contributed by atoms with van der Waals surface area (Å²) in [6.07, 6.45) is -6.35. The molecule has 3 atom stereocenters. The van der Waals surface area contributed by atoms with Crippen LogP contribution in [0.25, 0.3) is 5.65 Å². The van der Waals surface area contributed by atoms with E-state index in [1.165, 1.54) is 30.1 Å². The summed E-state index contributed by atoms with van der Waals surface area (Å²) in [6, 6.07) is -1.04. The molecule has 2 aromatic rings. The van der Waals surface area contributed by atoms with Gasteiger partial charge in [-0.3, -0.25) is 0 Å². The monoisotopic (exact) mass is 510 g/mol. The molecule has 3 rings (SSSR count). The average Bonchev–Trinajstić information content (AvgIpc) is 3.29. The number of imidazole rings is 1. The first-order chi connectivity index (χ1) is 16.0. The molecule has 3 N–H and O–H groups in total. The highest BCUT2D eigenvalue weighted by atomic mass is 19.4. The number of methoxy groups -OCH3 is 1. The maximum absolute atomic E-state index is 13.5. The molecule has 2 aromatic heterocycles. The number of aromatic nitrogens is 3. The molecule has 14 heteroatoms. The second-order valence-corrected chi connectivity index (χ2v) is 9.64. The number of nitrogens with two attached hydrogens (primary N) is 1. The van der Waals surface area contributed by atoms with Crippen LogP contribution in [0.1, 0.15) is 57.0 Å². The van der Waals surface area contributed by atoms with Crippen molar-refractivity contribution in [2.45, 2.75) is 63.6 Å². The van der Waals surface area contributed by atoms with Crippen molar-refractivity contribution in [1.29, 1.82) is 0 Å². The first-order valence-corrected chi connectivity index (χ1v) is 10.8. The van der Waals surface area contributed by atoms with Crippen molar-refractivity contribution in [2.75, 3.05) is 20.3 Å². The Labute approximate surface area is 197 Å². The lowest BCUT2D eigenvalue weighted by Crippen LogP contribution is -2.53. The lowest BCUT2D eigenvalue weighted by atomic mass is 9.85. The quantitative estimate of drug-likeness (QED) is 0.521. The van der Waals surface area contributed by atoms with Crippen molar-refractivity contribution in [3.05, 3.63) is 29.7 Å². The topological polar surface area (TPSA) is 97.8 Å². The fourth-order valence-electron chi connectivity index (χ4n) is 3.77. The molecular weight excluding hydrogens is 482 g/mol. The van der Waals surface area contributed by atoms with E-state index in [0.29, 0.717) is 11.3 Å². The molecule has 3 heterocycles. The minimum absolute atomic E-state index is 0.0273. The van der Waals surface area contributed by atoms with Crippen molar-refractivity contribution >= 4 is 11.7 Å². The summed E-state index contributed by atoms with van der Waals surface area (Å²) in [7, 11) is 1.35. The molecule has 1 saturated heterocycles. The van der Waals surface area contributed by atoms with E-state index < -0.39 is 48.0 Å². The fraction of sp³-hybridized carbons (Fsp3) is 0.667. The van der Waals surface area contributed by atoms with E-state index in [4.69, 9.17) is 10.5 Å². The first kappa shape index (κ1) is 27.0. The van der Waals surface area contributed by atoms with Gasteiger partial charge >= 0.3 is 18.4 Å². The SMILES string of the molecule is COC[C@H](c1cnn2cc([C@@H](N)CCC(C)(C)C(F)(F)F)nc2c1)N1CC(C)(C(F)(F)F)NC1=O. The Hall–Kier alpha value is -2.61. The average molecular weight is 510 g/mol. The second kappa shape index (κ2) is 9.12. The number of fused-ring (bicyclic) bond motifs is 1. The van der Waals surface area contributed by atoms with Gasteiger partial charge in [0.2, 0.25) is 0 Å². The molecule has 0 aromatic carbocycles. The number of amides is 2. The van der Waals surface area contributed by atoms with Gasteiger partial charge in [0, 0.05) is 18.7 Å². The molecular formula is C21H28F6N6O2. The summed E-state index contributed by atoms with van der Waals surface area (Å²) in [5, 5.41) is 6.19.